The van der Waals surface area contributed by atoms with E-state index in [1.165, 1.54) is 0 Å². The summed E-state index contributed by atoms with van der Waals surface area (Å²) in [5.74, 6) is 2.35. The van der Waals surface area contributed by atoms with Crippen LogP contribution in [0, 0.1) is 5.92 Å². The summed E-state index contributed by atoms with van der Waals surface area (Å²) in [5.41, 5.74) is 7.36. The summed E-state index contributed by atoms with van der Waals surface area (Å²) in [6.07, 6.45) is 2.10. The summed E-state index contributed by atoms with van der Waals surface area (Å²) in [6, 6.07) is 3.85. The Hall–Kier alpha value is -1.42. The van der Waals surface area contributed by atoms with Gasteiger partial charge in [0.25, 0.3) is 0 Å². The largest absolute Gasteiger partial charge is 0.493 e. The fraction of sp³-hybridized carbons (Fsp3) is 0.600. The summed E-state index contributed by atoms with van der Waals surface area (Å²) in [4.78, 5) is 0. The number of benzene rings is 1. The van der Waals surface area contributed by atoms with Crippen molar-refractivity contribution in [3.05, 3.63) is 17.7 Å². The lowest BCUT2D eigenvalue weighted by Crippen LogP contribution is -2.20. The maximum atomic E-state index is 6.35. The van der Waals surface area contributed by atoms with E-state index in [9.17, 15) is 0 Å². The van der Waals surface area contributed by atoms with E-state index in [1.54, 1.807) is 21.3 Å². The minimum absolute atomic E-state index is 0.0243. The van der Waals surface area contributed by atoms with Crippen LogP contribution >= 0.6 is 0 Å². The number of methoxy groups -OCH3 is 3. The minimum atomic E-state index is -0.0243. The Morgan fingerprint density at radius 3 is 1.74 bits per heavy atom. The molecule has 0 saturated heterocycles. The molecule has 0 saturated carbocycles. The van der Waals surface area contributed by atoms with Crippen LogP contribution in [-0.2, 0) is 0 Å². The first-order valence-electron chi connectivity index (χ1n) is 6.68. The van der Waals surface area contributed by atoms with Gasteiger partial charge in [-0.05, 0) is 23.6 Å². The van der Waals surface area contributed by atoms with E-state index >= 15 is 0 Å². The first kappa shape index (κ1) is 15.6. The number of nitrogens with two attached hydrogens (primary N) is 1. The summed E-state index contributed by atoms with van der Waals surface area (Å²) in [5, 5.41) is 0. The van der Waals surface area contributed by atoms with Crippen molar-refractivity contribution >= 4 is 0 Å². The lowest BCUT2D eigenvalue weighted by molar-refractivity contribution is 0.321. The van der Waals surface area contributed by atoms with Gasteiger partial charge in [0.05, 0.1) is 21.3 Å². The van der Waals surface area contributed by atoms with Crippen LogP contribution in [0.2, 0.25) is 0 Å². The topological polar surface area (TPSA) is 53.7 Å². The number of hydrogen-bond donors (Lipinski definition) is 1. The smallest absolute Gasteiger partial charge is 0.203 e. The molecule has 0 bridgehead atoms. The fourth-order valence-electron chi connectivity index (χ4n) is 2.36. The molecule has 1 aromatic carbocycles. The second kappa shape index (κ2) is 7.24. The molecular weight excluding hydrogens is 242 g/mol. The molecule has 0 spiro atoms. The van der Waals surface area contributed by atoms with E-state index < -0.39 is 0 Å². The van der Waals surface area contributed by atoms with Crippen LogP contribution < -0.4 is 19.9 Å². The summed E-state index contributed by atoms with van der Waals surface area (Å²) >= 11 is 0. The standard InChI is InChI=1S/C15H25NO3/c1-6-10(7-2)14(16)11-8-12(17-3)15(19-5)13(9-11)18-4/h8-10,14H,6-7,16H2,1-5H3. The molecule has 1 unspecified atom stereocenters. The molecule has 0 aliphatic heterocycles. The summed E-state index contributed by atoms with van der Waals surface area (Å²) in [6.45, 7) is 4.32. The highest BCUT2D eigenvalue weighted by atomic mass is 16.5. The van der Waals surface area contributed by atoms with Crippen LogP contribution in [0.4, 0.5) is 0 Å². The highest BCUT2D eigenvalue weighted by molar-refractivity contribution is 5.54. The van der Waals surface area contributed by atoms with Gasteiger partial charge in [-0.3, -0.25) is 0 Å². The van der Waals surface area contributed by atoms with Gasteiger partial charge in [-0.2, -0.15) is 0 Å². The summed E-state index contributed by atoms with van der Waals surface area (Å²) < 4.78 is 16.0. The van der Waals surface area contributed by atoms with Gasteiger partial charge in [0.1, 0.15) is 0 Å². The van der Waals surface area contributed by atoms with Gasteiger partial charge in [-0.1, -0.05) is 26.7 Å². The molecule has 4 heteroatoms. The van der Waals surface area contributed by atoms with Crippen LogP contribution in [0.25, 0.3) is 0 Å². The molecule has 19 heavy (non-hydrogen) atoms. The van der Waals surface area contributed by atoms with Crippen molar-refractivity contribution < 1.29 is 14.2 Å². The van der Waals surface area contributed by atoms with E-state index in [4.69, 9.17) is 19.9 Å². The van der Waals surface area contributed by atoms with Crippen LogP contribution in [0.1, 0.15) is 38.3 Å². The predicted molar refractivity (Wildman–Crippen MR) is 77.1 cm³/mol. The zero-order chi connectivity index (χ0) is 14.4. The highest BCUT2D eigenvalue weighted by Gasteiger charge is 2.20. The molecule has 0 heterocycles. The van der Waals surface area contributed by atoms with E-state index in [0.717, 1.165) is 18.4 Å². The molecule has 108 valence electrons. The van der Waals surface area contributed by atoms with Crippen LogP contribution in [0.15, 0.2) is 12.1 Å². The molecular formula is C15H25NO3. The van der Waals surface area contributed by atoms with Gasteiger partial charge in [0, 0.05) is 6.04 Å². The van der Waals surface area contributed by atoms with Crippen LogP contribution in [0.3, 0.4) is 0 Å². The average Bonchev–Trinajstić information content (AvgIpc) is 2.46. The molecule has 0 aliphatic carbocycles. The molecule has 1 aromatic rings. The predicted octanol–water partition coefficient (Wildman–Crippen LogP) is 3.15. The highest BCUT2D eigenvalue weighted by Crippen LogP contribution is 2.40. The maximum Gasteiger partial charge on any atom is 0.203 e. The zero-order valence-corrected chi connectivity index (χ0v) is 12.5. The maximum absolute atomic E-state index is 6.35. The van der Waals surface area contributed by atoms with Crippen molar-refractivity contribution in [1.82, 2.24) is 0 Å². The third-order valence-corrected chi connectivity index (χ3v) is 3.63. The number of ether oxygens (including phenoxy) is 3. The molecule has 1 rings (SSSR count). The molecule has 4 nitrogen and oxygen atoms in total. The van der Waals surface area contributed by atoms with Gasteiger partial charge in [-0.15, -0.1) is 0 Å². The molecule has 2 N–H and O–H groups in total. The summed E-state index contributed by atoms with van der Waals surface area (Å²) in [7, 11) is 4.83. The Balaban J connectivity index is 3.22. The van der Waals surface area contributed by atoms with Crippen molar-refractivity contribution in [2.75, 3.05) is 21.3 Å². The van der Waals surface area contributed by atoms with Gasteiger partial charge >= 0.3 is 0 Å². The van der Waals surface area contributed by atoms with E-state index in [2.05, 4.69) is 13.8 Å². The Morgan fingerprint density at radius 1 is 0.947 bits per heavy atom. The zero-order valence-electron chi connectivity index (χ0n) is 12.5. The number of rotatable bonds is 7. The first-order chi connectivity index (χ1) is 9.12. The van der Waals surface area contributed by atoms with E-state index in [1.807, 2.05) is 12.1 Å². The van der Waals surface area contributed by atoms with Gasteiger partial charge in [0.2, 0.25) is 5.75 Å². The Bertz CT molecular complexity index is 377. The van der Waals surface area contributed by atoms with E-state index in [-0.39, 0.29) is 6.04 Å². The Kier molecular flexibility index (Phi) is 5.96. The normalized spacial score (nSPS) is 12.4. The lowest BCUT2D eigenvalue weighted by atomic mass is 9.89. The number of hydrogen-bond acceptors (Lipinski definition) is 4. The quantitative estimate of drug-likeness (QED) is 0.824. The molecule has 0 fully saturated rings. The molecule has 0 radical (unpaired) electrons. The Labute approximate surface area is 115 Å². The van der Waals surface area contributed by atoms with E-state index in [0.29, 0.717) is 23.2 Å². The van der Waals surface area contributed by atoms with Crippen molar-refractivity contribution in [1.29, 1.82) is 0 Å². The van der Waals surface area contributed by atoms with Gasteiger partial charge < -0.3 is 19.9 Å². The van der Waals surface area contributed by atoms with Crippen molar-refractivity contribution in [3.8, 4) is 17.2 Å². The van der Waals surface area contributed by atoms with Crippen molar-refractivity contribution in [2.24, 2.45) is 11.7 Å². The third-order valence-electron chi connectivity index (χ3n) is 3.63. The van der Waals surface area contributed by atoms with Gasteiger partial charge in [0.15, 0.2) is 11.5 Å². The first-order valence-corrected chi connectivity index (χ1v) is 6.68. The minimum Gasteiger partial charge on any atom is -0.493 e. The lowest BCUT2D eigenvalue weighted by Gasteiger charge is -2.23. The van der Waals surface area contributed by atoms with Crippen LogP contribution in [0.5, 0.6) is 17.2 Å². The van der Waals surface area contributed by atoms with Crippen LogP contribution in [-0.4, -0.2) is 21.3 Å². The SMILES string of the molecule is CCC(CC)C(N)c1cc(OC)c(OC)c(OC)c1. The van der Waals surface area contributed by atoms with Crippen molar-refractivity contribution in [3.63, 3.8) is 0 Å². The fourth-order valence-corrected chi connectivity index (χ4v) is 2.36. The third kappa shape index (κ3) is 3.32. The second-order valence-electron chi connectivity index (χ2n) is 4.56. The van der Waals surface area contributed by atoms with Gasteiger partial charge in [-0.25, -0.2) is 0 Å². The average molecular weight is 267 g/mol. The Morgan fingerprint density at radius 2 is 1.42 bits per heavy atom. The molecule has 1 atom stereocenters. The molecule has 0 aliphatic rings. The molecule has 0 amide bonds. The monoisotopic (exact) mass is 267 g/mol. The van der Waals surface area contributed by atoms with Crippen molar-refractivity contribution in [2.45, 2.75) is 32.7 Å². The molecule has 0 aromatic heterocycles. The second-order valence-corrected chi connectivity index (χ2v) is 4.56.